The van der Waals surface area contributed by atoms with Gasteiger partial charge in [0.05, 0.1) is 10.6 Å². The zero-order chi connectivity index (χ0) is 30.5. The lowest BCUT2D eigenvalue weighted by Crippen LogP contribution is -2.51. The van der Waals surface area contributed by atoms with Crippen molar-refractivity contribution in [3.63, 3.8) is 0 Å². The first-order chi connectivity index (χ1) is 19.2. The Hall–Kier alpha value is -2.78. The maximum Gasteiger partial charge on any atom is 0.264 e. The smallest absolute Gasteiger partial charge is 0.264 e. The van der Waals surface area contributed by atoms with Crippen molar-refractivity contribution in [3.05, 3.63) is 92.4 Å². The summed E-state index contributed by atoms with van der Waals surface area (Å²) in [5.41, 5.74) is 2.58. The van der Waals surface area contributed by atoms with Gasteiger partial charge in [-0.05, 0) is 86.3 Å². The molecule has 0 aliphatic heterocycles. The van der Waals surface area contributed by atoms with Crippen molar-refractivity contribution in [2.75, 3.05) is 17.4 Å². The zero-order valence-corrected chi connectivity index (χ0v) is 26.7. The molecular weight excluding hydrogens is 605 g/mol. The van der Waals surface area contributed by atoms with E-state index in [0.717, 1.165) is 15.4 Å². The van der Waals surface area contributed by atoms with Crippen molar-refractivity contribution in [3.8, 4) is 0 Å². The van der Waals surface area contributed by atoms with E-state index < -0.39 is 28.5 Å². The number of carbonyl (C=O) groups excluding carboxylic acids is 2. The SMILES string of the molecule is Cc1ccc(N(CC(=O)N(Cc2c(Cl)cccc2Cl)[C@H](C)C(=O)NCC(C)C)S(=O)(=O)c2ccc(Cl)cc2)cc1C. The number of sulfonamides is 1. The first-order valence-corrected chi connectivity index (χ1v) is 15.7. The van der Waals surface area contributed by atoms with Crippen LogP contribution in [0, 0.1) is 19.8 Å². The Morgan fingerprint density at radius 2 is 1.49 bits per heavy atom. The quantitative estimate of drug-likeness (QED) is 0.255. The average molecular weight is 639 g/mol. The number of hydrogen-bond acceptors (Lipinski definition) is 4. The molecule has 220 valence electrons. The molecule has 0 aliphatic rings. The molecule has 0 heterocycles. The highest BCUT2D eigenvalue weighted by Crippen LogP contribution is 2.29. The molecule has 3 aromatic carbocycles. The van der Waals surface area contributed by atoms with Gasteiger partial charge in [0.1, 0.15) is 12.6 Å². The number of amides is 2. The highest BCUT2D eigenvalue weighted by atomic mass is 35.5. The number of benzene rings is 3. The summed E-state index contributed by atoms with van der Waals surface area (Å²) < 4.78 is 28.9. The monoisotopic (exact) mass is 637 g/mol. The first kappa shape index (κ1) is 32.7. The fraction of sp³-hybridized carbons (Fsp3) is 0.333. The number of aryl methyl sites for hydroxylation is 2. The van der Waals surface area contributed by atoms with Crippen molar-refractivity contribution in [1.29, 1.82) is 0 Å². The first-order valence-electron chi connectivity index (χ1n) is 13.1. The van der Waals surface area contributed by atoms with Crippen molar-refractivity contribution in [2.45, 2.75) is 52.1 Å². The summed E-state index contributed by atoms with van der Waals surface area (Å²) in [5.74, 6) is -0.796. The molecule has 2 amide bonds. The highest BCUT2D eigenvalue weighted by molar-refractivity contribution is 7.92. The van der Waals surface area contributed by atoms with Crippen LogP contribution in [0.2, 0.25) is 15.1 Å². The number of hydrogen-bond donors (Lipinski definition) is 1. The van der Waals surface area contributed by atoms with E-state index in [4.69, 9.17) is 34.8 Å². The summed E-state index contributed by atoms with van der Waals surface area (Å²) in [4.78, 5) is 28.4. The van der Waals surface area contributed by atoms with E-state index in [2.05, 4.69) is 5.32 Å². The third-order valence-electron chi connectivity index (χ3n) is 6.70. The highest BCUT2D eigenvalue weighted by Gasteiger charge is 2.33. The predicted octanol–water partition coefficient (Wildman–Crippen LogP) is 6.65. The summed E-state index contributed by atoms with van der Waals surface area (Å²) in [6, 6.07) is 14.9. The molecule has 1 atom stereocenters. The van der Waals surface area contributed by atoms with Crippen LogP contribution in [-0.2, 0) is 26.2 Å². The maximum atomic E-state index is 14.1. The van der Waals surface area contributed by atoms with Gasteiger partial charge in [-0.1, -0.05) is 60.8 Å². The number of anilines is 1. The molecule has 41 heavy (non-hydrogen) atoms. The van der Waals surface area contributed by atoms with Gasteiger partial charge in [-0.2, -0.15) is 0 Å². The lowest BCUT2D eigenvalue weighted by molar-refractivity contribution is -0.139. The summed E-state index contributed by atoms with van der Waals surface area (Å²) in [6.45, 7) is 9.02. The van der Waals surface area contributed by atoms with E-state index >= 15 is 0 Å². The topological polar surface area (TPSA) is 86.8 Å². The van der Waals surface area contributed by atoms with Crippen molar-refractivity contribution in [1.82, 2.24) is 10.2 Å². The Labute approximate surface area is 257 Å². The standard InChI is InChI=1S/C30H34Cl3N3O4S/c1-19(2)16-34-30(38)22(5)35(17-26-27(32)7-6-8-28(26)33)29(37)18-36(24-12-9-20(3)21(4)15-24)41(39,40)25-13-10-23(31)11-14-25/h6-15,19,22H,16-18H2,1-5H3,(H,34,38)/t22-/m1/s1. The number of nitrogens with zero attached hydrogens (tertiary/aromatic N) is 2. The third-order valence-corrected chi connectivity index (χ3v) is 9.45. The van der Waals surface area contributed by atoms with E-state index in [0.29, 0.717) is 32.9 Å². The summed E-state index contributed by atoms with van der Waals surface area (Å²) in [6.07, 6.45) is 0. The number of nitrogens with one attached hydrogen (secondary N) is 1. The summed E-state index contributed by atoms with van der Waals surface area (Å²) >= 11 is 18.9. The van der Waals surface area contributed by atoms with Crippen LogP contribution in [0.4, 0.5) is 5.69 Å². The Balaban J connectivity index is 2.08. The second-order valence-electron chi connectivity index (χ2n) is 10.3. The maximum absolute atomic E-state index is 14.1. The average Bonchev–Trinajstić information content (AvgIpc) is 2.91. The molecule has 3 aromatic rings. The Bertz CT molecular complexity index is 1490. The Kier molecular flexibility index (Phi) is 11.1. The molecule has 0 aromatic heterocycles. The van der Waals surface area contributed by atoms with Gasteiger partial charge < -0.3 is 10.2 Å². The van der Waals surface area contributed by atoms with E-state index in [1.165, 1.54) is 29.2 Å². The van der Waals surface area contributed by atoms with Gasteiger partial charge in [0.2, 0.25) is 11.8 Å². The Morgan fingerprint density at radius 3 is 2.05 bits per heavy atom. The van der Waals surface area contributed by atoms with E-state index in [9.17, 15) is 18.0 Å². The van der Waals surface area contributed by atoms with Gasteiger partial charge in [-0.3, -0.25) is 13.9 Å². The Morgan fingerprint density at radius 1 is 0.878 bits per heavy atom. The molecule has 0 fully saturated rings. The molecule has 0 bridgehead atoms. The molecule has 0 unspecified atom stereocenters. The van der Waals surface area contributed by atoms with Gasteiger partial charge in [0, 0.05) is 33.7 Å². The lowest BCUT2D eigenvalue weighted by Gasteiger charge is -2.32. The van der Waals surface area contributed by atoms with Crippen molar-refractivity contribution >= 4 is 62.3 Å². The van der Waals surface area contributed by atoms with Crippen LogP contribution in [-0.4, -0.2) is 44.3 Å². The normalized spacial score (nSPS) is 12.2. The molecule has 3 rings (SSSR count). The minimum atomic E-state index is -4.21. The van der Waals surface area contributed by atoms with E-state index in [1.54, 1.807) is 43.3 Å². The van der Waals surface area contributed by atoms with Crippen LogP contribution in [0.15, 0.2) is 65.6 Å². The number of halogens is 3. The van der Waals surface area contributed by atoms with Crippen LogP contribution < -0.4 is 9.62 Å². The summed E-state index contributed by atoms with van der Waals surface area (Å²) in [7, 11) is -4.21. The molecule has 1 N–H and O–H groups in total. The predicted molar refractivity (Wildman–Crippen MR) is 166 cm³/mol. The van der Waals surface area contributed by atoms with Crippen LogP contribution in [0.25, 0.3) is 0 Å². The van der Waals surface area contributed by atoms with Gasteiger partial charge in [-0.15, -0.1) is 0 Å². The fourth-order valence-electron chi connectivity index (χ4n) is 4.03. The third kappa shape index (κ3) is 8.16. The van der Waals surface area contributed by atoms with Gasteiger partial charge in [0.15, 0.2) is 0 Å². The van der Waals surface area contributed by atoms with Gasteiger partial charge >= 0.3 is 0 Å². The minimum Gasteiger partial charge on any atom is -0.354 e. The largest absolute Gasteiger partial charge is 0.354 e. The summed E-state index contributed by atoms with van der Waals surface area (Å²) in [5, 5.41) is 3.87. The van der Waals surface area contributed by atoms with Crippen molar-refractivity contribution < 1.29 is 18.0 Å². The van der Waals surface area contributed by atoms with Gasteiger partial charge in [0.25, 0.3) is 10.0 Å². The second-order valence-corrected chi connectivity index (χ2v) is 13.4. The molecule has 0 saturated heterocycles. The molecule has 0 aliphatic carbocycles. The van der Waals surface area contributed by atoms with Crippen LogP contribution in [0.3, 0.4) is 0 Å². The molecule has 0 saturated carbocycles. The number of rotatable bonds is 11. The van der Waals surface area contributed by atoms with Crippen molar-refractivity contribution in [2.24, 2.45) is 5.92 Å². The molecule has 11 heteroatoms. The minimum absolute atomic E-state index is 0.0312. The van der Waals surface area contributed by atoms with Crippen LogP contribution >= 0.6 is 34.8 Å². The second kappa shape index (κ2) is 13.9. The van der Waals surface area contributed by atoms with Crippen LogP contribution in [0.1, 0.15) is 37.5 Å². The van der Waals surface area contributed by atoms with E-state index in [1.807, 2.05) is 27.7 Å². The van der Waals surface area contributed by atoms with E-state index in [-0.39, 0.29) is 23.3 Å². The molecule has 0 spiro atoms. The van der Waals surface area contributed by atoms with Gasteiger partial charge in [-0.25, -0.2) is 8.42 Å². The number of carbonyl (C=O) groups is 2. The zero-order valence-electron chi connectivity index (χ0n) is 23.6. The molecule has 0 radical (unpaired) electrons. The van der Waals surface area contributed by atoms with Crippen LogP contribution in [0.5, 0.6) is 0 Å². The molecule has 7 nitrogen and oxygen atoms in total. The molecular formula is C30H34Cl3N3O4S. The fourth-order valence-corrected chi connectivity index (χ4v) is 6.08. The lowest BCUT2D eigenvalue weighted by atomic mass is 10.1.